The predicted molar refractivity (Wildman–Crippen MR) is 93.7 cm³/mol. The van der Waals surface area contributed by atoms with E-state index in [9.17, 15) is 0 Å². The third kappa shape index (κ3) is 3.00. The first-order valence-electron chi connectivity index (χ1n) is 7.55. The first-order valence-corrected chi connectivity index (χ1v) is 8.34. The fourth-order valence-corrected chi connectivity index (χ4v) is 3.53. The number of hydrogen-bond acceptors (Lipinski definition) is 3. The summed E-state index contributed by atoms with van der Waals surface area (Å²) in [7, 11) is 0. The number of nitrogens with two attached hydrogens (primary N) is 1. The topological polar surface area (TPSA) is 42.1 Å². The summed E-state index contributed by atoms with van der Waals surface area (Å²) in [6.07, 6.45) is 5.48. The van der Waals surface area contributed by atoms with Gasteiger partial charge in [0.2, 0.25) is 0 Å². The summed E-state index contributed by atoms with van der Waals surface area (Å²) in [5.41, 5.74) is 9.63. The molecule has 2 N–H and O–H groups in total. The second-order valence-electron chi connectivity index (χ2n) is 6.73. The number of nitrogen functional groups attached to an aromatic ring is 1. The lowest BCUT2D eigenvalue weighted by Gasteiger charge is -2.27. The Labute approximate surface area is 134 Å². The SMILES string of the molecule is CC1(C)CCCN(c2c(N)cnc3ccc(Br)cc23)CC1. The smallest absolute Gasteiger partial charge is 0.0745 e. The van der Waals surface area contributed by atoms with Crippen LogP contribution in [0.15, 0.2) is 28.9 Å². The summed E-state index contributed by atoms with van der Waals surface area (Å²) in [4.78, 5) is 6.90. The van der Waals surface area contributed by atoms with E-state index in [-0.39, 0.29) is 0 Å². The Kier molecular flexibility index (Phi) is 3.82. The molecular formula is C17H22BrN3. The molecule has 0 spiro atoms. The van der Waals surface area contributed by atoms with E-state index in [1.807, 2.05) is 12.1 Å². The molecule has 1 aromatic carbocycles. The fraction of sp³-hybridized carbons (Fsp3) is 0.471. The van der Waals surface area contributed by atoms with Crippen molar-refractivity contribution in [2.75, 3.05) is 23.7 Å². The van der Waals surface area contributed by atoms with Crippen LogP contribution in [0.5, 0.6) is 0 Å². The number of anilines is 2. The van der Waals surface area contributed by atoms with E-state index in [1.165, 1.54) is 19.3 Å². The van der Waals surface area contributed by atoms with Crippen LogP contribution in [0.2, 0.25) is 0 Å². The Morgan fingerprint density at radius 2 is 2.05 bits per heavy atom. The molecule has 112 valence electrons. The van der Waals surface area contributed by atoms with E-state index in [0.29, 0.717) is 5.41 Å². The molecule has 3 rings (SSSR count). The number of rotatable bonds is 1. The van der Waals surface area contributed by atoms with Gasteiger partial charge in [-0.3, -0.25) is 4.98 Å². The number of aromatic nitrogens is 1. The highest BCUT2D eigenvalue weighted by atomic mass is 79.9. The van der Waals surface area contributed by atoms with E-state index in [2.05, 4.69) is 45.7 Å². The van der Waals surface area contributed by atoms with Crippen LogP contribution in [0, 0.1) is 5.41 Å². The molecule has 0 amide bonds. The lowest BCUT2D eigenvalue weighted by atomic mass is 9.85. The molecule has 0 saturated carbocycles. The van der Waals surface area contributed by atoms with E-state index >= 15 is 0 Å². The number of pyridine rings is 1. The van der Waals surface area contributed by atoms with E-state index < -0.39 is 0 Å². The van der Waals surface area contributed by atoms with Crippen molar-refractivity contribution in [3.05, 3.63) is 28.9 Å². The quantitative estimate of drug-likeness (QED) is 0.819. The summed E-state index contributed by atoms with van der Waals surface area (Å²) >= 11 is 3.56. The van der Waals surface area contributed by atoms with Crippen LogP contribution in [0.4, 0.5) is 11.4 Å². The number of fused-ring (bicyclic) bond motifs is 1. The Morgan fingerprint density at radius 1 is 1.24 bits per heavy atom. The summed E-state index contributed by atoms with van der Waals surface area (Å²) in [6.45, 7) is 6.85. The Hall–Kier alpha value is -1.29. The van der Waals surface area contributed by atoms with Gasteiger partial charge >= 0.3 is 0 Å². The average molecular weight is 348 g/mol. The molecule has 2 heterocycles. The van der Waals surface area contributed by atoms with Crippen molar-refractivity contribution in [1.82, 2.24) is 4.98 Å². The highest BCUT2D eigenvalue weighted by Crippen LogP contribution is 2.37. The minimum absolute atomic E-state index is 0.424. The van der Waals surface area contributed by atoms with Crippen molar-refractivity contribution in [1.29, 1.82) is 0 Å². The van der Waals surface area contributed by atoms with Crippen LogP contribution in [-0.4, -0.2) is 18.1 Å². The van der Waals surface area contributed by atoms with Gasteiger partial charge in [0.25, 0.3) is 0 Å². The van der Waals surface area contributed by atoms with E-state index in [4.69, 9.17) is 5.73 Å². The molecule has 1 aliphatic heterocycles. The molecule has 1 aliphatic rings. The molecule has 0 radical (unpaired) electrons. The first-order chi connectivity index (χ1) is 9.96. The Bertz CT molecular complexity index is 661. The predicted octanol–water partition coefficient (Wildman–Crippen LogP) is 4.60. The third-order valence-electron chi connectivity index (χ3n) is 4.49. The summed E-state index contributed by atoms with van der Waals surface area (Å²) < 4.78 is 1.07. The molecule has 0 atom stereocenters. The van der Waals surface area contributed by atoms with Crippen LogP contribution in [0.25, 0.3) is 10.9 Å². The highest BCUT2D eigenvalue weighted by molar-refractivity contribution is 9.10. The van der Waals surface area contributed by atoms with Gasteiger partial charge in [0.1, 0.15) is 0 Å². The maximum Gasteiger partial charge on any atom is 0.0745 e. The van der Waals surface area contributed by atoms with E-state index in [1.54, 1.807) is 6.20 Å². The average Bonchev–Trinajstić information content (AvgIpc) is 2.60. The molecule has 0 unspecified atom stereocenters. The van der Waals surface area contributed by atoms with Gasteiger partial charge in [0.05, 0.1) is 23.1 Å². The summed E-state index contributed by atoms with van der Waals surface area (Å²) in [6, 6.07) is 6.20. The molecule has 0 aliphatic carbocycles. The van der Waals surface area contributed by atoms with Crippen molar-refractivity contribution in [2.45, 2.75) is 33.1 Å². The zero-order chi connectivity index (χ0) is 15.0. The van der Waals surface area contributed by atoms with Gasteiger partial charge in [-0.2, -0.15) is 0 Å². The van der Waals surface area contributed by atoms with Crippen LogP contribution in [-0.2, 0) is 0 Å². The molecule has 0 bridgehead atoms. The molecule has 1 aromatic heterocycles. The van der Waals surface area contributed by atoms with Crippen molar-refractivity contribution in [2.24, 2.45) is 5.41 Å². The molecule has 3 nitrogen and oxygen atoms in total. The molecule has 2 aromatic rings. The highest BCUT2D eigenvalue weighted by Gasteiger charge is 2.25. The monoisotopic (exact) mass is 347 g/mol. The number of hydrogen-bond donors (Lipinski definition) is 1. The Balaban J connectivity index is 2.06. The van der Waals surface area contributed by atoms with Gasteiger partial charge in [-0.25, -0.2) is 0 Å². The van der Waals surface area contributed by atoms with Crippen molar-refractivity contribution in [3.8, 4) is 0 Å². The molecular weight excluding hydrogens is 326 g/mol. The number of halogens is 1. The van der Waals surface area contributed by atoms with Crippen molar-refractivity contribution >= 4 is 38.2 Å². The van der Waals surface area contributed by atoms with Gasteiger partial charge in [0.15, 0.2) is 0 Å². The maximum absolute atomic E-state index is 6.27. The van der Waals surface area contributed by atoms with Gasteiger partial charge in [-0.15, -0.1) is 0 Å². The lowest BCUT2D eigenvalue weighted by molar-refractivity contribution is 0.325. The van der Waals surface area contributed by atoms with Gasteiger partial charge in [0, 0.05) is 22.9 Å². The van der Waals surface area contributed by atoms with Crippen LogP contribution >= 0.6 is 15.9 Å². The third-order valence-corrected chi connectivity index (χ3v) is 4.98. The second kappa shape index (κ2) is 5.48. The summed E-state index contributed by atoms with van der Waals surface area (Å²) in [5.74, 6) is 0. The van der Waals surface area contributed by atoms with E-state index in [0.717, 1.165) is 39.8 Å². The minimum Gasteiger partial charge on any atom is -0.396 e. The Morgan fingerprint density at radius 3 is 2.86 bits per heavy atom. The van der Waals surface area contributed by atoms with Gasteiger partial charge in [-0.05, 0) is 42.9 Å². The van der Waals surface area contributed by atoms with Crippen LogP contribution in [0.3, 0.4) is 0 Å². The molecule has 1 saturated heterocycles. The van der Waals surface area contributed by atoms with Gasteiger partial charge < -0.3 is 10.6 Å². The van der Waals surface area contributed by atoms with Crippen LogP contribution in [0.1, 0.15) is 33.1 Å². The van der Waals surface area contributed by atoms with Gasteiger partial charge in [-0.1, -0.05) is 29.8 Å². The molecule has 1 fully saturated rings. The maximum atomic E-state index is 6.27. The second-order valence-corrected chi connectivity index (χ2v) is 7.64. The summed E-state index contributed by atoms with van der Waals surface area (Å²) in [5, 5.41) is 1.14. The van der Waals surface area contributed by atoms with Crippen LogP contribution < -0.4 is 10.6 Å². The van der Waals surface area contributed by atoms with Crippen molar-refractivity contribution in [3.63, 3.8) is 0 Å². The molecule has 21 heavy (non-hydrogen) atoms. The standard InChI is InChI=1S/C17H22BrN3/c1-17(2)6-3-8-21(9-7-17)16-13-10-12(18)4-5-15(13)20-11-14(16)19/h4-5,10-11H,3,6-9,19H2,1-2H3. The van der Waals surface area contributed by atoms with Crippen molar-refractivity contribution < 1.29 is 0 Å². The first kappa shape index (κ1) is 14.6. The minimum atomic E-state index is 0.424. The largest absolute Gasteiger partial charge is 0.396 e. The number of nitrogens with zero attached hydrogens (tertiary/aromatic N) is 2. The fourth-order valence-electron chi connectivity index (χ4n) is 3.17. The zero-order valence-electron chi connectivity index (χ0n) is 12.7. The lowest BCUT2D eigenvalue weighted by Crippen LogP contribution is -2.26. The zero-order valence-corrected chi connectivity index (χ0v) is 14.3. The normalized spacial score (nSPS) is 18.7. The molecule has 4 heteroatoms. The number of benzene rings is 1.